The van der Waals surface area contributed by atoms with Crippen LogP contribution in [-0.2, 0) is 16.9 Å². The Balaban J connectivity index is 0.000000471. The molecule has 2 aromatic rings. The number of benzene rings is 1. The first-order chi connectivity index (χ1) is 11.3. The molecule has 24 heavy (non-hydrogen) atoms. The van der Waals surface area contributed by atoms with E-state index >= 15 is 0 Å². The van der Waals surface area contributed by atoms with Gasteiger partial charge < -0.3 is 9.94 Å². The lowest BCUT2D eigenvalue weighted by Gasteiger charge is -2.52. The molecule has 1 unspecified atom stereocenters. The zero-order valence-corrected chi connectivity index (χ0v) is 13.0. The topological polar surface area (TPSA) is 103 Å². The van der Waals surface area contributed by atoms with E-state index in [-0.39, 0.29) is 12.0 Å². The monoisotopic (exact) mass is 342 g/mol. The van der Waals surface area contributed by atoms with Crippen LogP contribution in [0, 0.1) is 27.7 Å². The lowest BCUT2D eigenvalue weighted by Crippen LogP contribution is -2.57. The van der Waals surface area contributed by atoms with Crippen molar-refractivity contribution in [3.63, 3.8) is 0 Å². The van der Waals surface area contributed by atoms with Crippen molar-refractivity contribution in [3.05, 3.63) is 58.2 Å². The van der Waals surface area contributed by atoms with Crippen molar-refractivity contribution in [1.82, 2.24) is 14.8 Å². The SMILES string of the molecule is CC1O[C@@](Cn2cncn2)(c2ccc(F)cc2F)[C@H]1C.O=[N+]([O-])O. The number of halogens is 2. The van der Waals surface area contributed by atoms with Crippen molar-refractivity contribution in [1.29, 1.82) is 0 Å². The number of hydrogen-bond donors (Lipinski definition) is 1. The summed E-state index contributed by atoms with van der Waals surface area (Å²) in [7, 11) is 0. The van der Waals surface area contributed by atoms with Gasteiger partial charge in [0.1, 0.15) is 29.9 Å². The van der Waals surface area contributed by atoms with E-state index in [1.807, 2.05) is 13.8 Å². The fraction of sp³-hybridized carbons (Fsp3) is 0.429. The van der Waals surface area contributed by atoms with Gasteiger partial charge in [-0.25, -0.2) is 18.4 Å². The van der Waals surface area contributed by atoms with Crippen LogP contribution in [0.15, 0.2) is 30.9 Å². The van der Waals surface area contributed by atoms with Crippen LogP contribution in [0.25, 0.3) is 0 Å². The molecule has 0 bridgehead atoms. The van der Waals surface area contributed by atoms with Gasteiger partial charge in [0.2, 0.25) is 0 Å². The van der Waals surface area contributed by atoms with Crippen molar-refractivity contribution in [2.45, 2.75) is 32.1 Å². The molecule has 0 saturated carbocycles. The zero-order chi connectivity index (χ0) is 17.9. The highest BCUT2D eigenvalue weighted by atomic mass is 19.1. The van der Waals surface area contributed by atoms with E-state index < -0.39 is 22.3 Å². The van der Waals surface area contributed by atoms with Crippen LogP contribution in [-0.4, -0.2) is 31.2 Å². The molecule has 3 atom stereocenters. The Hall–Kier alpha value is -2.62. The van der Waals surface area contributed by atoms with Gasteiger partial charge in [-0.05, 0) is 13.0 Å². The Kier molecular flexibility index (Phi) is 5.07. The van der Waals surface area contributed by atoms with Gasteiger partial charge in [-0.1, -0.05) is 13.0 Å². The van der Waals surface area contributed by atoms with Crippen LogP contribution >= 0.6 is 0 Å². The highest BCUT2D eigenvalue weighted by Crippen LogP contribution is 2.48. The highest BCUT2D eigenvalue weighted by molar-refractivity contribution is 5.29. The summed E-state index contributed by atoms with van der Waals surface area (Å²) >= 11 is 0. The Morgan fingerprint density at radius 1 is 1.46 bits per heavy atom. The second-order valence-electron chi connectivity index (χ2n) is 5.46. The first kappa shape index (κ1) is 17.7. The minimum Gasteiger partial charge on any atom is -0.364 e. The summed E-state index contributed by atoms with van der Waals surface area (Å²) in [5.74, 6) is -1.10. The van der Waals surface area contributed by atoms with Gasteiger partial charge in [-0.3, -0.25) is 0 Å². The molecule has 1 aromatic heterocycles. The molecule has 8 nitrogen and oxygen atoms in total. The predicted molar refractivity (Wildman–Crippen MR) is 76.5 cm³/mol. The van der Waals surface area contributed by atoms with Crippen LogP contribution in [0.5, 0.6) is 0 Å². The molecule has 1 fully saturated rings. The van der Waals surface area contributed by atoms with Gasteiger partial charge in [0.25, 0.3) is 5.09 Å². The van der Waals surface area contributed by atoms with Gasteiger partial charge in [-0.15, -0.1) is 10.1 Å². The molecule has 2 heterocycles. The molecule has 0 amide bonds. The maximum Gasteiger partial charge on any atom is 0.291 e. The summed E-state index contributed by atoms with van der Waals surface area (Å²) in [6.45, 7) is 4.28. The number of aromatic nitrogens is 3. The van der Waals surface area contributed by atoms with Crippen molar-refractivity contribution in [3.8, 4) is 0 Å². The lowest BCUT2D eigenvalue weighted by molar-refractivity contribution is -0.742. The quantitative estimate of drug-likeness (QED) is 0.677. The van der Waals surface area contributed by atoms with E-state index in [2.05, 4.69) is 10.1 Å². The van der Waals surface area contributed by atoms with Crippen LogP contribution in [0.4, 0.5) is 8.78 Å². The summed E-state index contributed by atoms with van der Waals surface area (Å²) in [5, 5.41) is 17.7. The zero-order valence-electron chi connectivity index (χ0n) is 13.0. The highest BCUT2D eigenvalue weighted by Gasteiger charge is 2.53. The van der Waals surface area contributed by atoms with Gasteiger partial charge >= 0.3 is 0 Å². The Bertz CT molecular complexity index is 709. The van der Waals surface area contributed by atoms with Crippen LogP contribution in [0.2, 0.25) is 0 Å². The number of ether oxygens (including phenoxy) is 1. The second-order valence-corrected chi connectivity index (χ2v) is 5.46. The van der Waals surface area contributed by atoms with E-state index in [9.17, 15) is 8.78 Å². The third-order valence-corrected chi connectivity index (χ3v) is 4.09. The third-order valence-electron chi connectivity index (χ3n) is 4.09. The molecule has 1 aliphatic rings. The third kappa shape index (κ3) is 3.48. The number of nitrogens with zero attached hydrogens (tertiary/aromatic N) is 4. The second kappa shape index (κ2) is 6.87. The molecule has 0 radical (unpaired) electrons. The van der Waals surface area contributed by atoms with Crippen molar-refractivity contribution in [2.24, 2.45) is 5.92 Å². The van der Waals surface area contributed by atoms with Gasteiger partial charge in [0, 0.05) is 17.5 Å². The minimum atomic E-state index is -1.50. The minimum absolute atomic E-state index is 0.0166. The summed E-state index contributed by atoms with van der Waals surface area (Å²) in [6, 6.07) is 3.59. The molecular weight excluding hydrogens is 326 g/mol. The first-order valence-electron chi connectivity index (χ1n) is 7.05. The molecular formula is C14H16F2N4O4. The molecule has 10 heteroatoms. The largest absolute Gasteiger partial charge is 0.364 e. The van der Waals surface area contributed by atoms with Crippen LogP contribution in [0.1, 0.15) is 19.4 Å². The fourth-order valence-corrected chi connectivity index (χ4v) is 2.81. The maximum absolute atomic E-state index is 14.1. The average Bonchev–Trinajstić information content (AvgIpc) is 2.98. The van der Waals surface area contributed by atoms with Gasteiger partial charge in [-0.2, -0.15) is 5.10 Å². The summed E-state index contributed by atoms with van der Waals surface area (Å²) in [6.07, 6.45) is 2.99. The van der Waals surface area contributed by atoms with E-state index in [0.717, 1.165) is 6.07 Å². The van der Waals surface area contributed by atoms with E-state index in [4.69, 9.17) is 20.1 Å². The molecule has 1 N–H and O–H groups in total. The molecule has 1 aliphatic heterocycles. The van der Waals surface area contributed by atoms with Gasteiger partial charge in [0.15, 0.2) is 0 Å². The summed E-state index contributed by atoms with van der Waals surface area (Å²) in [5.41, 5.74) is -0.467. The lowest BCUT2D eigenvalue weighted by atomic mass is 9.73. The molecule has 3 rings (SSSR count). The number of hydrogen-bond acceptors (Lipinski definition) is 5. The van der Waals surface area contributed by atoms with E-state index in [0.29, 0.717) is 12.1 Å². The Morgan fingerprint density at radius 3 is 2.58 bits per heavy atom. The standard InChI is InChI=1S/C14H15F2N3O.HNO3/c1-9-10(2)20-14(9,6-19-8-17-7-18-19)12-4-3-11(15)5-13(12)16;2-1(3)4/h3-5,7-10H,6H2,1-2H3;(H,2,3,4)/t9-,10?,14+;/m0./s1. The van der Waals surface area contributed by atoms with Crippen molar-refractivity contribution >= 4 is 0 Å². The smallest absolute Gasteiger partial charge is 0.291 e. The Labute approximate surface area is 135 Å². The summed E-state index contributed by atoms with van der Waals surface area (Å²) in [4.78, 5) is 12.2. The maximum atomic E-state index is 14.1. The fourth-order valence-electron chi connectivity index (χ4n) is 2.81. The number of rotatable bonds is 3. The molecule has 130 valence electrons. The van der Waals surface area contributed by atoms with E-state index in [1.165, 1.54) is 18.5 Å². The summed E-state index contributed by atoms with van der Waals surface area (Å²) < 4.78 is 34.7. The average molecular weight is 342 g/mol. The van der Waals surface area contributed by atoms with Gasteiger partial charge in [0.05, 0.1) is 12.6 Å². The van der Waals surface area contributed by atoms with Crippen molar-refractivity contribution in [2.75, 3.05) is 0 Å². The Morgan fingerprint density at radius 2 is 2.12 bits per heavy atom. The van der Waals surface area contributed by atoms with Crippen LogP contribution in [0.3, 0.4) is 0 Å². The first-order valence-corrected chi connectivity index (χ1v) is 7.05. The molecule has 1 aromatic carbocycles. The molecule has 1 saturated heterocycles. The normalized spacial score (nSPS) is 25.3. The molecule has 0 spiro atoms. The van der Waals surface area contributed by atoms with Crippen molar-refractivity contribution < 1.29 is 23.8 Å². The molecule has 0 aliphatic carbocycles. The van der Waals surface area contributed by atoms with Crippen LogP contribution < -0.4 is 0 Å². The van der Waals surface area contributed by atoms with E-state index in [1.54, 1.807) is 11.0 Å². The predicted octanol–water partition coefficient (Wildman–Crippen LogP) is 2.16.